The van der Waals surface area contributed by atoms with Gasteiger partial charge in [-0.25, -0.2) is 6.42 Å². The number of hydrogen-bond donors (Lipinski definition) is 0. The zero-order chi connectivity index (χ0) is 18.7. The average Bonchev–Trinajstić information content (AvgIpc) is 3.02. The zero-order valence-electron chi connectivity index (χ0n) is 17.5. The maximum absolute atomic E-state index is 11.9. The van der Waals surface area contributed by atoms with Crippen molar-refractivity contribution in [2.24, 2.45) is 5.92 Å². The molecule has 0 N–H and O–H groups in total. The Balaban J connectivity index is -0.000000219. The summed E-state index contributed by atoms with van der Waals surface area (Å²) in [5.74, 6) is 0.639. The Morgan fingerprint density at radius 1 is 1.10 bits per heavy atom. The summed E-state index contributed by atoms with van der Waals surface area (Å²) in [6, 6.07) is 6.04. The van der Waals surface area contributed by atoms with Crippen molar-refractivity contribution < 1.29 is 25.2 Å². The largest absolute Gasteiger partial charge is 0.405 e. The molecule has 2 unspecified atom stereocenters. The molecule has 1 aliphatic carbocycles. The first-order valence-corrected chi connectivity index (χ1v) is 9.67. The molecule has 0 spiro atoms. The maximum Gasteiger partial charge on any atom is 0.202 e. The molecule has 1 aromatic rings. The van der Waals surface area contributed by atoms with Crippen LogP contribution in [0.1, 0.15) is 86.1 Å². The number of hydrogen-bond acceptors (Lipinski definition) is 3. The van der Waals surface area contributed by atoms with Gasteiger partial charge in [-0.2, -0.15) is 6.08 Å². The van der Waals surface area contributed by atoms with Crippen LogP contribution in [-0.2, 0) is 20.4 Å². The average molecular weight is 843 g/mol. The minimum atomic E-state index is -0.0504. The number of rotatable bonds is 3. The summed E-state index contributed by atoms with van der Waals surface area (Å²) in [6.07, 6.45) is 14.7. The van der Waals surface area contributed by atoms with E-state index in [4.69, 9.17) is 0 Å². The van der Waals surface area contributed by atoms with Gasteiger partial charge < -0.3 is 4.90 Å². The van der Waals surface area contributed by atoms with Gasteiger partial charge in [0.05, 0.1) is 0 Å². The van der Waals surface area contributed by atoms with Gasteiger partial charge in [-0.1, -0.05) is 81.2 Å². The molecule has 1 aliphatic heterocycles. The number of aromatic nitrogens is 1. The number of fused-ring (bicyclic) bond motifs is 1. The van der Waals surface area contributed by atoms with E-state index in [0.717, 1.165) is 0 Å². The zero-order valence-corrected chi connectivity index (χ0v) is 26.6. The first-order chi connectivity index (χ1) is 12.3. The van der Waals surface area contributed by atoms with Crippen molar-refractivity contribution in [2.45, 2.75) is 81.7 Å². The van der Waals surface area contributed by atoms with Gasteiger partial charge in [-0.3, -0.25) is 9.78 Å². The molecule has 0 amide bonds. The SMILES string of the molecule is C.C.C.CC.CC.CN1/C(=C\C=C\C(=O)c2ccccn2)[CH-]C2CCCCC21.[Re].[Rf]. The summed E-state index contributed by atoms with van der Waals surface area (Å²) in [7, 11) is 2.16. The van der Waals surface area contributed by atoms with Gasteiger partial charge in [-0.05, 0) is 24.6 Å². The first kappa shape index (κ1) is 38.3. The fourth-order valence-corrected chi connectivity index (χ4v) is 3.34. The third-order valence-electron chi connectivity index (χ3n) is 4.50. The second kappa shape index (κ2) is 21.3. The van der Waals surface area contributed by atoms with E-state index in [-0.39, 0.29) is 48.5 Å². The molecule has 1 radical (unpaired) electrons. The van der Waals surface area contributed by atoms with Crippen LogP contribution in [0.2, 0.25) is 0 Å². The molecule has 3 nitrogen and oxygen atoms in total. The van der Waals surface area contributed by atoms with Crippen LogP contribution in [0.5, 0.6) is 0 Å². The topological polar surface area (TPSA) is 33.2 Å². The standard InChI is InChI=1S/C18H21N2O.2C2H6.3CH4.Re.Rf/c1-20-15(13-14-7-2-3-10-17(14)20)8-6-11-18(21)16-9-4-5-12-19-16;2*1-2;;;;;/h4-6,8-9,11-14,17H,2-3,7,10H2,1H3;2*1-2H3;3*1H4;;/q-1;;;;;;;/b11-6+,15-8-;;;;;;;. The van der Waals surface area contributed by atoms with Crippen molar-refractivity contribution in [3.05, 3.63) is 60.4 Å². The van der Waals surface area contributed by atoms with Gasteiger partial charge in [0.15, 0.2) is 0 Å². The van der Waals surface area contributed by atoms with E-state index in [1.807, 2.05) is 52.0 Å². The molecule has 3 rings (SSSR count). The Kier molecular flexibility index (Phi) is 27.2. The van der Waals surface area contributed by atoms with Crippen molar-refractivity contribution >= 4 is 5.78 Å². The summed E-state index contributed by atoms with van der Waals surface area (Å²) >= 11 is 0. The number of ketones is 1. The molecule has 1 saturated carbocycles. The molecule has 0 bridgehead atoms. The van der Waals surface area contributed by atoms with Gasteiger partial charge in [0.1, 0.15) is 5.69 Å². The van der Waals surface area contributed by atoms with Crippen LogP contribution in [0.15, 0.2) is 48.3 Å². The smallest absolute Gasteiger partial charge is 0.202 e. The Morgan fingerprint density at radius 3 is 2.23 bits per heavy atom. The molecule has 1 saturated heterocycles. The van der Waals surface area contributed by atoms with E-state index in [1.54, 1.807) is 18.3 Å². The molecule has 30 heavy (non-hydrogen) atoms. The molecular weight excluding hydrogens is 797 g/mol. The van der Waals surface area contributed by atoms with Gasteiger partial charge >= 0.3 is 0 Å². The number of pyridine rings is 1. The third-order valence-corrected chi connectivity index (χ3v) is 4.50. The summed E-state index contributed by atoms with van der Waals surface area (Å²) < 4.78 is 0. The van der Waals surface area contributed by atoms with Crippen LogP contribution in [0.4, 0.5) is 0 Å². The van der Waals surface area contributed by atoms with Crippen molar-refractivity contribution in [3.63, 3.8) is 0 Å². The van der Waals surface area contributed by atoms with E-state index in [9.17, 15) is 4.79 Å². The predicted octanol–water partition coefficient (Wildman–Crippen LogP) is 7.37. The quantitative estimate of drug-likeness (QED) is 0.181. The van der Waals surface area contributed by atoms with E-state index < -0.39 is 0 Å². The van der Waals surface area contributed by atoms with Crippen LogP contribution >= 0.6 is 0 Å². The van der Waals surface area contributed by atoms with E-state index in [0.29, 0.717) is 17.7 Å². The fourth-order valence-electron chi connectivity index (χ4n) is 3.34. The number of nitrogens with zero attached hydrogens (tertiary/aromatic N) is 2. The fraction of sp³-hybridized carbons (Fsp3) is 0.560. The van der Waals surface area contributed by atoms with Crippen LogP contribution in [0, 0.1) is 12.3 Å². The normalized spacial score (nSPS) is 19.2. The van der Waals surface area contributed by atoms with E-state index in [2.05, 4.69) is 23.4 Å². The summed E-state index contributed by atoms with van der Waals surface area (Å²) in [6.45, 7) is 8.00. The molecule has 2 atom stereocenters. The van der Waals surface area contributed by atoms with Gasteiger partial charge in [-0.15, -0.1) is 11.8 Å². The van der Waals surface area contributed by atoms with Crippen molar-refractivity contribution in [2.75, 3.05) is 7.05 Å². The Labute approximate surface area is 195 Å². The Hall–Kier alpha value is -2.37. The van der Waals surface area contributed by atoms with Crippen LogP contribution < -0.4 is 0 Å². The number of allylic oxidation sites excluding steroid dienone is 4. The molecule has 2 heterocycles. The molecule has 171 valence electrons. The Bertz CT molecular complexity index is 576. The second-order valence-electron chi connectivity index (χ2n) is 5.82. The molecule has 5 heteroatoms. The second-order valence-corrected chi connectivity index (χ2v) is 5.82. The molecular formula is C25H45N2OReRf-. The van der Waals surface area contributed by atoms with Gasteiger partial charge in [0.25, 0.3) is 0 Å². The molecule has 2 fully saturated rings. The summed E-state index contributed by atoms with van der Waals surface area (Å²) in [4.78, 5) is 18.4. The Morgan fingerprint density at radius 2 is 1.70 bits per heavy atom. The molecule has 0 aromatic carbocycles. The van der Waals surface area contributed by atoms with E-state index in [1.165, 1.54) is 31.4 Å². The van der Waals surface area contributed by atoms with Gasteiger partial charge in [0, 0.05) is 39.7 Å². The predicted molar refractivity (Wildman–Crippen MR) is 126 cm³/mol. The van der Waals surface area contributed by atoms with E-state index >= 15 is 0 Å². The summed E-state index contributed by atoms with van der Waals surface area (Å²) in [5.41, 5.74) is 1.72. The van der Waals surface area contributed by atoms with Gasteiger partial charge in [0.2, 0.25) is 5.78 Å². The number of carbonyl (C=O) groups is 1. The summed E-state index contributed by atoms with van der Waals surface area (Å²) in [5, 5.41) is 0. The van der Waals surface area contributed by atoms with Crippen molar-refractivity contribution in [1.29, 1.82) is 0 Å². The van der Waals surface area contributed by atoms with Crippen LogP contribution in [0.25, 0.3) is 0 Å². The number of likely N-dealkylation sites (tertiary alicyclic amines) is 1. The molecule has 2 aliphatic rings. The number of carbonyl (C=O) groups excluding carboxylic acids is 1. The van der Waals surface area contributed by atoms with Crippen LogP contribution in [0.3, 0.4) is 0 Å². The third kappa shape index (κ3) is 10.4. The first-order valence-electron chi connectivity index (χ1n) is 9.67. The monoisotopic (exact) mass is 843 g/mol. The van der Waals surface area contributed by atoms with Crippen molar-refractivity contribution in [3.8, 4) is 0 Å². The minimum Gasteiger partial charge on any atom is -0.405 e. The molecule has 1 aromatic heterocycles. The maximum atomic E-state index is 11.9. The van der Waals surface area contributed by atoms with Crippen molar-refractivity contribution in [1.82, 2.24) is 9.88 Å². The minimum absolute atomic E-state index is 0. The van der Waals surface area contributed by atoms with Crippen LogP contribution in [-0.4, -0.2) is 28.8 Å².